The molecule has 0 spiro atoms. The third-order valence-corrected chi connectivity index (χ3v) is 9.43. The molecule has 1 fully saturated rings. The van der Waals surface area contributed by atoms with E-state index in [1.807, 2.05) is 70.3 Å². The monoisotopic (exact) mass is 640 g/mol. The summed E-state index contributed by atoms with van der Waals surface area (Å²) < 4.78 is 7.06. The Morgan fingerprint density at radius 3 is 2.29 bits per heavy atom. The summed E-state index contributed by atoms with van der Waals surface area (Å²) >= 11 is 7.81. The molecule has 0 bridgehead atoms. The zero-order valence-electron chi connectivity index (χ0n) is 26.2. The number of hydrogen-bond acceptors (Lipinski definition) is 7. The Balaban J connectivity index is 1.42. The molecule has 45 heavy (non-hydrogen) atoms. The SMILES string of the molecule is Cc1cc2nc(-c3cccc(-c4ccc(N5CCN(C)CC5)nc4)c3)sc2c(-c2ccc(Cl)cc2)c1C(OC(C)(C)C)C(=O)O. The largest absolute Gasteiger partial charge is 0.479 e. The Morgan fingerprint density at radius 1 is 0.956 bits per heavy atom. The number of carbonyl (C=O) groups is 1. The van der Waals surface area contributed by atoms with E-state index in [0.29, 0.717) is 10.6 Å². The molecule has 5 aromatic rings. The number of aryl methyl sites for hydroxylation is 1. The second kappa shape index (κ2) is 12.5. The van der Waals surface area contributed by atoms with E-state index in [9.17, 15) is 9.90 Å². The number of thiazole rings is 1. The summed E-state index contributed by atoms with van der Waals surface area (Å²) in [5, 5.41) is 11.8. The van der Waals surface area contributed by atoms with E-state index in [4.69, 9.17) is 26.3 Å². The number of anilines is 1. The number of rotatable bonds is 7. The van der Waals surface area contributed by atoms with E-state index in [2.05, 4.69) is 47.2 Å². The highest BCUT2D eigenvalue weighted by Gasteiger charge is 2.32. The van der Waals surface area contributed by atoms with E-state index in [1.54, 1.807) is 11.3 Å². The molecular weight excluding hydrogens is 604 g/mol. The average molecular weight is 641 g/mol. The molecule has 1 aliphatic rings. The van der Waals surface area contributed by atoms with Crippen molar-refractivity contribution in [2.24, 2.45) is 0 Å². The van der Waals surface area contributed by atoms with Gasteiger partial charge in [0.25, 0.3) is 0 Å². The number of pyridine rings is 1. The van der Waals surface area contributed by atoms with Gasteiger partial charge < -0.3 is 19.6 Å². The van der Waals surface area contributed by atoms with Crippen LogP contribution in [0.25, 0.3) is 43.0 Å². The van der Waals surface area contributed by atoms with Crippen LogP contribution in [0, 0.1) is 6.92 Å². The zero-order valence-corrected chi connectivity index (χ0v) is 27.7. The number of carboxylic acids is 1. The first kappa shape index (κ1) is 31.2. The van der Waals surface area contributed by atoms with Gasteiger partial charge in [0.1, 0.15) is 10.8 Å². The lowest BCUT2D eigenvalue weighted by Gasteiger charge is -2.33. The molecule has 1 unspecified atom stereocenters. The number of fused-ring (bicyclic) bond motifs is 1. The fraction of sp³-hybridized carbons (Fsp3) is 0.306. The Bertz CT molecular complexity index is 1840. The summed E-state index contributed by atoms with van der Waals surface area (Å²) in [7, 11) is 2.15. The minimum absolute atomic E-state index is 0.609. The molecule has 2 aromatic heterocycles. The quantitative estimate of drug-likeness (QED) is 0.192. The van der Waals surface area contributed by atoms with Crippen LogP contribution in [0.15, 0.2) is 72.9 Å². The fourth-order valence-corrected chi connectivity index (χ4v) is 7.02. The van der Waals surface area contributed by atoms with Crippen LogP contribution in [-0.4, -0.2) is 64.8 Å². The Morgan fingerprint density at radius 2 is 1.64 bits per heavy atom. The highest BCUT2D eigenvalue weighted by molar-refractivity contribution is 7.22. The van der Waals surface area contributed by atoms with Crippen molar-refractivity contribution in [1.29, 1.82) is 0 Å². The summed E-state index contributed by atoms with van der Waals surface area (Å²) in [5.41, 5.74) is 6.33. The number of aliphatic carboxylic acids is 1. The lowest BCUT2D eigenvalue weighted by molar-refractivity contribution is -0.160. The van der Waals surface area contributed by atoms with E-state index < -0.39 is 17.7 Å². The molecule has 1 atom stereocenters. The molecule has 0 amide bonds. The van der Waals surface area contributed by atoms with Crippen LogP contribution >= 0.6 is 22.9 Å². The van der Waals surface area contributed by atoms with Crippen molar-refractivity contribution >= 4 is 44.9 Å². The van der Waals surface area contributed by atoms with E-state index in [-0.39, 0.29) is 0 Å². The number of carboxylic acid groups (broad SMARTS) is 1. The Labute approximate surface area is 273 Å². The molecule has 232 valence electrons. The van der Waals surface area contributed by atoms with Gasteiger partial charge in [0, 0.05) is 59.7 Å². The van der Waals surface area contributed by atoms with Crippen LogP contribution in [0.1, 0.15) is 38.0 Å². The summed E-state index contributed by atoms with van der Waals surface area (Å²) in [6.45, 7) is 11.6. The molecule has 0 saturated carbocycles. The molecule has 7 nitrogen and oxygen atoms in total. The number of ether oxygens (including phenoxy) is 1. The van der Waals surface area contributed by atoms with Crippen molar-refractivity contribution in [3.05, 3.63) is 89.1 Å². The predicted octanol–water partition coefficient (Wildman–Crippen LogP) is 8.35. The second-order valence-corrected chi connectivity index (χ2v) is 14.0. The predicted molar refractivity (Wildman–Crippen MR) is 184 cm³/mol. The summed E-state index contributed by atoms with van der Waals surface area (Å²) in [6, 6.07) is 22.0. The molecular formula is C36H37ClN4O3S. The number of nitrogens with zero attached hydrogens (tertiary/aromatic N) is 4. The Hall–Kier alpha value is -3.82. The van der Waals surface area contributed by atoms with Gasteiger partial charge in [0.2, 0.25) is 0 Å². The third-order valence-electron chi connectivity index (χ3n) is 8.04. The van der Waals surface area contributed by atoms with Gasteiger partial charge in [-0.25, -0.2) is 14.8 Å². The maximum atomic E-state index is 12.7. The summed E-state index contributed by atoms with van der Waals surface area (Å²) in [6.07, 6.45) is 0.788. The molecule has 1 aliphatic heterocycles. The maximum absolute atomic E-state index is 12.7. The van der Waals surface area contributed by atoms with Crippen molar-refractivity contribution in [2.75, 3.05) is 38.1 Å². The van der Waals surface area contributed by atoms with Gasteiger partial charge in [-0.2, -0.15) is 0 Å². The van der Waals surface area contributed by atoms with E-state index in [1.165, 1.54) is 0 Å². The van der Waals surface area contributed by atoms with Crippen LogP contribution in [0.5, 0.6) is 0 Å². The van der Waals surface area contributed by atoms with Gasteiger partial charge in [-0.1, -0.05) is 41.9 Å². The lowest BCUT2D eigenvalue weighted by atomic mass is 9.91. The second-order valence-electron chi connectivity index (χ2n) is 12.6. The molecule has 3 heterocycles. The normalized spacial score (nSPS) is 15.0. The first-order valence-electron chi connectivity index (χ1n) is 15.1. The third kappa shape index (κ3) is 6.75. The van der Waals surface area contributed by atoms with Crippen molar-refractivity contribution in [2.45, 2.75) is 39.4 Å². The maximum Gasteiger partial charge on any atom is 0.337 e. The number of halogens is 1. The fourth-order valence-electron chi connectivity index (χ4n) is 5.77. The van der Waals surface area contributed by atoms with Crippen molar-refractivity contribution in [3.8, 4) is 32.8 Å². The number of hydrogen-bond donors (Lipinski definition) is 1. The smallest absolute Gasteiger partial charge is 0.337 e. The van der Waals surface area contributed by atoms with Gasteiger partial charge >= 0.3 is 5.97 Å². The lowest BCUT2D eigenvalue weighted by Crippen LogP contribution is -2.44. The topological polar surface area (TPSA) is 78.8 Å². The average Bonchev–Trinajstić information content (AvgIpc) is 3.44. The van der Waals surface area contributed by atoms with Crippen LogP contribution in [0.4, 0.5) is 5.82 Å². The summed E-state index contributed by atoms with van der Waals surface area (Å²) in [4.78, 5) is 27.2. The van der Waals surface area contributed by atoms with Gasteiger partial charge in [-0.05, 0) is 87.8 Å². The van der Waals surface area contributed by atoms with E-state index >= 15 is 0 Å². The van der Waals surface area contributed by atoms with Crippen LogP contribution in [0.2, 0.25) is 5.02 Å². The molecule has 0 radical (unpaired) electrons. The standard InChI is InChI=1S/C36H37ClN4O3S/c1-22-19-28-33(31(23-9-12-27(37)13-10-23)30(22)32(35(42)43)44-36(2,3)4)45-34(39-28)25-8-6-7-24(20-25)26-11-14-29(38-21-26)41-17-15-40(5)16-18-41/h6-14,19-21,32H,15-18H2,1-5H3,(H,42,43). The van der Waals surface area contributed by atoms with Crippen molar-refractivity contribution < 1.29 is 14.6 Å². The van der Waals surface area contributed by atoms with Crippen molar-refractivity contribution in [1.82, 2.24) is 14.9 Å². The van der Waals surface area contributed by atoms with Gasteiger partial charge in [-0.3, -0.25) is 0 Å². The van der Waals surface area contributed by atoms with Crippen molar-refractivity contribution in [3.63, 3.8) is 0 Å². The Kier molecular flexibility index (Phi) is 8.68. The van der Waals surface area contributed by atoms with E-state index in [0.717, 1.165) is 80.6 Å². The van der Waals surface area contributed by atoms with Crippen LogP contribution in [-0.2, 0) is 9.53 Å². The number of aromatic nitrogens is 2. The number of benzene rings is 3. The van der Waals surface area contributed by atoms with Crippen LogP contribution in [0.3, 0.4) is 0 Å². The minimum Gasteiger partial charge on any atom is -0.479 e. The highest BCUT2D eigenvalue weighted by atomic mass is 35.5. The highest BCUT2D eigenvalue weighted by Crippen LogP contribution is 2.44. The molecule has 1 saturated heterocycles. The first-order chi connectivity index (χ1) is 21.5. The number of likely N-dealkylation sites (N-methyl/N-ethyl adjacent to an activating group) is 1. The molecule has 6 rings (SSSR count). The molecule has 0 aliphatic carbocycles. The summed E-state index contributed by atoms with van der Waals surface area (Å²) in [5.74, 6) is -0.0301. The van der Waals surface area contributed by atoms with Gasteiger partial charge in [-0.15, -0.1) is 11.3 Å². The molecule has 1 N–H and O–H groups in total. The zero-order chi connectivity index (χ0) is 31.9. The van der Waals surface area contributed by atoms with Crippen LogP contribution < -0.4 is 4.90 Å². The van der Waals surface area contributed by atoms with Gasteiger partial charge in [0.05, 0.1) is 15.8 Å². The first-order valence-corrected chi connectivity index (χ1v) is 16.3. The number of piperazine rings is 1. The minimum atomic E-state index is -1.16. The molecule has 9 heteroatoms. The molecule has 3 aromatic carbocycles. The van der Waals surface area contributed by atoms with Gasteiger partial charge in [0.15, 0.2) is 6.10 Å².